The Labute approximate surface area is 110 Å². The second kappa shape index (κ2) is 5.38. The maximum absolute atomic E-state index is 11.4. The third-order valence-electron chi connectivity index (χ3n) is 3.41. The molecule has 1 saturated heterocycles. The van der Waals surface area contributed by atoms with Crippen LogP contribution in [0.2, 0.25) is 0 Å². The van der Waals surface area contributed by atoms with Gasteiger partial charge in [-0.1, -0.05) is 12.1 Å². The number of nitrogens with zero attached hydrogens (tertiary/aromatic N) is 1. The number of carbonyl (C=O) groups is 2. The molecule has 1 unspecified atom stereocenters. The molecule has 0 spiro atoms. The minimum atomic E-state index is -1.22. The highest BCUT2D eigenvalue weighted by molar-refractivity contribution is 6.02. The Balaban J connectivity index is 2.53. The smallest absolute Gasteiger partial charge is 0.336 e. The van der Waals surface area contributed by atoms with Crippen LogP contribution in [-0.2, 0) is 0 Å². The lowest BCUT2D eigenvalue weighted by atomic mass is 9.94. The molecule has 6 heteroatoms. The van der Waals surface area contributed by atoms with Crippen molar-refractivity contribution >= 4 is 11.9 Å². The van der Waals surface area contributed by atoms with E-state index in [1.165, 1.54) is 6.07 Å². The molecule has 0 aliphatic carbocycles. The van der Waals surface area contributed by atoms with Crippen molar-refractivity contribution in [3.63, 3.8) is 0 Å². The normalized spacial score (nSPS) is 20.2. The van der Waals surface area contributed by atoms with Crippen LogP contribution in [-0.4, -0.2) is 53.7 Å². The van der Waals surface area contributed by atoms with Gasteiger partial charge in [-0.2, -0.15) is 0 Å². The van der Waals surface area contributed by atoms with E-state index in [-0.39, 0.29) is 17.2 Å². The molecule has 0 bridgehead atoms. The Morgan fingerprint density at radius 2 is 2.05 bits per heavy atom. The highest BCUT2D eigenvalue weighted by Gasteiger charge is 2.28. The summed E-state index contributed by atoms with van der Waals surface area (Å²) in [6.07, 6.45) is 0. The molecule has 1 heterocycles. The minimum absolute atomic E-state index is 0.115. The molecule has 1 fully saturated rings. The zero-order valence-electron chi connectivity index (χ0n) is 10.6. The predicted octanol–water partition coefficient (Wildman–Crippen LogP) is 0.659. The molecule has 1 aliphatic heterocycles. The van der Waals surface area contributed by atoms with E-state index in [1.54, 1.807) is 12.1 Å². The van der Waals surface area contributed by atoms with Crippen LogP contribution in [0.25, 0.3) is 0 Å². The number of rotatable bonds is 3. The number of aromatic carboxylic acids is 2. The van der Waals surface area contributed by atoms with E-state index >= 15 is 0 Å². The standard InChI is InChI=1S/C13H16N2O4/c1-15-6-5-14-7-10(15)8-3-2-4-9(12(16)17)11(8)13(18)19/h2-4,10,14H,5-7H2,1H3,(H,16,17)(H,18,19). The minimum Gasteiger partial charge on any atom is -0.478 e. The van der Waals surface area contributed by atoms with Gasteiger partial charge in [-0.15, -0.1) is 0 Å². The van der Waals surface area contributed by atoms with Crippen molar-refractivity contribution < 1.29 is 19.8 Å². The van der Waals surface area contributed by atoms with Crippen molar-refractivity contribution in [2.24, 2.45) is 0 Å². The van der Waals surface area contributed by atoms with Crippen molar-refractivity contribution in [1.29, 1.82) is 0 Å². The fraction of sp³-hybridized carbons (Fsp3) is 0.385. The molecule has 19 heavy (non-hydrogen) atoms. The van der Waals surface area contributed by atoms with E-state index in [0.717, 1.165) is 13.1 Å². The largest absolute Gasteiger partial charge is 0.478 e. The van der Waals surface area contributed by atoms with Crippen LogP contribution >= 0.6 is 0 Å². The number of carboxylic acid groups (broad SMARTS) is 2. The number of piperazine rings is 1. The topological polar surface area (TPSA) is 89.9 Å². The maximum atomic E-state index is 11.4. The molecule has 0 amide bonds. The quantitative estimate of drug-likeness (QED) is 0.743. The summed E-state index contributed by atoms with van der Waals surface area (Å²) in [5, 5.41) is 21.6. The van der Waals surface area contributed by atoms with Crippen molar-refractivity contribution in [2.75, 3.05) is 26.7 Å². The molecule has 1 aromatic carbocycles. The number of benzene rings is 1. The second-order valence-electron chi connectivity index (χ2n) is 4.58. The Bertz CT molecular complexity index is 515. The Hall–Kier alpha value is -1.92. The van der Waals surface area contributed by atoms with Crippen LogP contribution in [0.4, 0.5) is 0 Å². The molecular formula is C13H16N2O4. The van der Waals surface area contributed by atoms with E-state index in [1.807, 2.05) is 11.9 Å². The monoisotopic (exact) mass is 264 g/mol. The number of carboxylic acids is 2. The Kier molecular flexibility index (Phi) is 3.82. The van der Waals surface area contributed by atoms with Crippen LogP contribution in [0.5, 0.6) is 0 Å². The maximum Gasteiger partial charge on any atom is 0.336 e. The van der Waals surface area contributed by atoms with Gasteiger partial charge in [0.2, 0.25) is 0 Å². The van der Waals surface area contributed by atoms with Gasteiger partial charge in [0.1, 0.15) is 0 Å². The van der Waals surface area contributed by atoms with Crippen molar-refractivity contribution in [3.8, 4) is 0 Å². The number of likely N-dealkylation sites (N-methyl/N-ethyl adjacent to an activating group) is 1. The fourth-order valence-electron chi connectivity index (χ4n) is 2.42. The first-order valence-electron chi connectivity index (χ1n) is 6.03. The molecule has 1 aromatic rings. The van der Waals surface area contributed by atoms with Gasteiger partial charge < -0.3 is 15.5 Å². The summed E-state index contributed by atoms with van der Waals surface area (Å²) in [6, 6.07) is 4.47. The molecule has 3 N–H and O–H groups in total. The van der Waals surface area contributed by atoms with Gasteiger partial charge >= 0.3 is 11.9 Å². The molecule has 102 valence electrons. The SMILES string of the molecule is CN1CCNCC1c1cccc(C(=O)O)c1C(=O)O. The molecule has 1 atom stereocenters. The van der Waals surface area contributed by atoms with Crippen LogP contribution in [0.3, 0.4) is 0 Å². The number of hydrogen-bond donors (Lipinski definition) is 3. The van der Waals surface area contributed by atoms with Crippen molar-refractivity contribution in [1.82, 2.24) is 10.2 Å². The molecule has 0 radical (unpaired) electrons. The van der Waals surface area contributed by atoms with E-state index in [9.17, 15) is 14.7 Å². The first kappa shape index (κ1) is 13.5. The van der Waals surface area contributed by atoms with Crippen LogP contribution in [0.1, 0.15) is 32.3 Å². The first-order valence-corrected chi connectivity index (χ1v) is 6.03. The van der Waals surface area contributed by atoms with Gasteiger partial charge in [0.25, 0.3) is 0 Å². The molecule has 1 aliphatic rings. The summed E-state index contributed by atoms with van der Waals surface area (Å²) in [5.41, 5.74) is 0.265. The molecule has 0 saturated carbocycles. The first-order chi connectivity index (χ1) is 9.02. The average molecular weight is 264 g/mol. The van der Waals surface area contributed by atoms with Crippen LogP contribution < -0.4 is 5.32 Å². The molecule has 0 aromatic heterocycles. The van der Waals surface area contributed by atoms with Crippen molar-refractivity contribution in [3.05, 3.63) is 34.9 Å². The molecular weight excluding hydrogens is 248 g/mol. The van der Waals surface area contributed by atoms with Gasteiger partial charge in [-0.25, -0.2) is 9.59 Å². The predicted molar refractivity (Wildman–Crippen MR) is 68.6 cm³/mol. The summed E-state index contributed by atoms with van der Waals surface area (Å²) in [5.74, 6) is -2.42. The van der Waals surface area contributed by atoms with Gasteiger partial charge in [-0.3, -0.25) is 4.90 Å². The van der Waals surface area contributed by atoms with Crippen LogP contribution in [0, 0.1) is 0 Å². The number of nitrogens with one attached hydrogen (secondary N) is 1. The Morgan fingerprint density at radius 1 is 1.32 bits per heavy atom. The third-order valence-corrected chi connectivity index (χ3v) is 3.41. The summed E-state index contributed by atoms with van der Waals surface area (Å²) in [7, 11) is 1.91. The number of hydrogen-bond acceptors (Lipinski definition) is 4. The van der Waals surface area contributed by atoms with Crippen molar-refractivity contribution in [2.45, 2.75) is 6.04 Å². The van der Waals surface area contributed by atoms with Crippen LogP contribution in [0.15, 0.2) is 18.2 Å². The highest BCUT2D eigenvalue weighted by Crippen LogP contribution is 2.26. The van der Waals surface area contributed by atoms with E-state index in [2.05, 4.69) is 5.32 Å². The highest BCUT2D eigenvalue weighted by atomic mass is 16.4. The van der Waals surface area contributed by atoms with E-state index in [4.69, 9.17) is 5.11 Å². The second-order valence-corrected chi connectivity index (χ2v) is 4.58. The zero-order valence-corrected chi connectivity index (χ0v) is 10.6. The third kappa shape index (κ3) is 2.59. The lowest BCUT2D eigenvalue weighted by Crippen LogP contribution is -2.44. The lowest BCUT2D eigenvalue weighted by Gasteiger charge is -2.34. The van der Waals surface area contributed by atoms with E-state index < -0.39 is 11.9 Å². The molecule has 2 rings (SSSR count). The molecule has 6 nitrogen and oxygen atoms in total. The fourth-order valence-corrected chi connectivity index (χ4v) is 2.42. The van der Waals surface area contributed by atoms with E-state index in [0.29, 0.717) is 12.1 Å². The van der Waals surface area contributed by atoms with Gasteiger partial charge in [-0.05, 0) is 18.7 Å². The summed E-state index contributed by atoms with van der Waals surface area (Å²) in [6.45, 7) is 2.24. The van der Waals surface area contributed by atoms with Gasteiger partial charge in [0.15, 0.2) is 0 Å². The van der Waals surface area contributed by atoms with Gasteiger partial charge in [0.05, 0.1) is 11.1 Å². The summed E-state index contributed by atoms with van der Waals surface area (Å²) >= 11 is 0. The van der Waals surface area contributed by atoms with Gasteiger partial charge in [0, 0.05) is 25.7 Å². The Morgan fingerprint density at radius 3 is 2.63 bits per heavy atom. The average Bonchev–Trinajstić information content (AvgIpc) is 2.38. The lowest BCUT2D eigenvalue weighted by molar-refractivity contribution is 0.0647. The zero-order chi connectivity index (χ0) is 14.0. The summed E-state index contributed by atoms with van der Waals surface area (Å²) in [4.78, 5) is 24.6. The summed E-state index contributed by atoms with van der Waals surface area (Å²) < 4.78 is 0.